The highest BCUT2D eigenvalue weighted by atomic mass is 16.6. The molecule has 1 aliphatic rings. The van der Waals surface area contributed by atoms with Gasteiger partial charge >= 0.3 is 0 Å². The van der Waals surface area contributed by atoms with Crippen LogP contribution in [0.2, 0.25) is 0 Å². The largest absolute Gasteiger partial charge is 0.270 e. The van der Waals surface area contributed by atoms with Gasteiger partial charge in [-0.3, -0.25) is 33.8 Å². The fourth-order valence-corrected chi connectivity index (χ4v) is 3.09. The molecule has 2 amide bonds. The highest BCUT2D eigenvalue weighted by Crippen LogP contribution is 2.27. The van der Waals surface area contributed by atoms with Crippen LogP contribution in [0.4, 0.5) is 5.69 Å². The van der Waals surface area contributed by atoms with E-state index in [1.54, 1.807) is 25.3 Å². The number of fused-ring (bicyclic) bond motifs is 2. The van der Waals surface area contributed by atoms with Crippen LogP contribution in [-0.2, 0) is 6.54 Å². The number of pyridine rings is 1. The van der Waals surface area contributed by atoms with Gasteiger partial charge in [-0.25, -0.2) is 4.98 Å². The van der Waals surface area contributed by atoms with Crippen molar-refractivity contribution >= 4 is 23.1 Å². The molecule has 1 aliphatic heterocycles. The third-order valence-electron chi connectivity index (χ3n) is 4.42. The number of carbonyl (C=O) groups excluding carboxylic acids is 2. The van der Waals surface area contributed by atoms with Crippen LogP contribution in [0.5, 0.6) is 0 Å². The first kappa shape index (κ1) is 16.6. The molecule has 9 nitrogen and oxygen atoms in total. The van der Waals surface area contributed by atoms with Crippen molar-refractivity contribution in [2.45, 2.75) is 13.5 Å². The summed E-state index contributed by atoms with van der Waals surface area (Å²) in [5, 5.41) is 10.9. The van der Waals surface area contributed by atoms with E-state index in [-0.39, 0.29) is 34.6 Å². The molecule has 3 aromatic rings. The Balaban J connectivity index is 1.73. The highest BCUT2D eigenvalue weighted by molar-refractivity contribution is 6.21. The van der Waals surface area contributed by atoms with Crippen LogP contribution >= 0.6 is 0 Å². The van der Waals surface area contributed by atoms with Crippen molar-refractivity contribution in [3.05, 3.63) is 85.4 Å². The molecule has 0 N–H and O–H groups in total. The zero-order valence-electron chi connectivity index (χ0n) is 14.1. The maximum Gasteiger partial charge on any atom is 0.270 e. The van der Waals surface area contributed by atoms with Gasteiger partial charge in [-0.05, 0) is 24.6 Å². The number of nitro benzene ring substituents is 1. The van der Waals surface area contributed by atoms with E-state index in [9.17, 15) is 24.5 Å². The van der Waals surface area contributed by atoms with Crippen molar-refractivity contribution in [2.75, 3.05) is 0 Å². The molecule has 3 heterocycles. The van der Waals surface area contributed by atoms with Gasteiger partial charge in [0, 0.05) is 24.4 Å². The lowest BCUT2D eigenvalue weighted by molar-refractivity contribution is -0.384. The summed E-state index contributed by atoms with van der Waals surface area (Å²) in [6.07, 6.45) is 1.59. The zero-order chi connectivity index (χ0) is 19.3. The number of nitrogens with zero attached hydrogens (tertiary/aromatic N) is 4. The van der Waals surface area contributed by atoms with Crippen molar-refractivity contribution in [2.24, 2.45) is 0 Å². The lowest BCUT2D eigenvalue weighted by Crippen LogP contribution is -2.30. The fraction of sp³-hybridized carbons (Fsp3) is 0.111. The normalized spacial score (nSPS) is 13.3. The quantitative estimate of drug-likeness (QED) is 0.397. The predicted molar refractivity (Wildman–Crippen MR) is 93.5 cm³/mol. The number of hydrogen-bond acceptors (Lipinski definition) is 6. The average molecular weight is 364 g/mol. The van der Waals surface area contributed by atoms with Gasteiger partial charge in [0.15, 0.2) is 0 Å². The lowest BCUT2D eigenvalue weighted by atomic mass is 10.1. The number of hydrogen-bond donors (Lipinski definition) is 0. The molecule has 27 heavy (non-hydrogen) atoms. The van der Waals surface area contributed by atoms with Crippen LogP contribution in [0.15, 0.2) is 47.4 Å². The van der Waals surface area contributed by atoms with E-state index in [4.69, 9.17) is 0 Å². The van der Waals surface area contributed by atoms with Gasteiger partial charge in [-0.1, -0.05) is 6.07 Å². The van der Waals surface area contributed by atoms with Crippen LogP contribution in [0.25, 0.3) is 5.65 Å². The molecular weight excluding hydrogens is 352 g/mol. The second-order valence-corrected chi connectivity index (χ2v) is 6.15. The molecule has 0 saturated heterocycles. The second kappa shape index (κ2) is 5.84. The molecule has 0 atom stereocenters. The van der Waals surface area contributed by atoms with Gasteiger partial charge in [-0.2, -0.15) is 0 Å². The number of amides is 2. The van der Waals surface area contributed by atoms with E-state index in [1.807, 2.05) is 0 Å². The summed E-state index contributed by atoms with van der Waals surface area (Å²) >= 11 is 0. The number of aryl methyl sites for hydroxylation is 1. The van der Waals surface area contributed by atoms with Crippen molar-refractivity contribution in [1.82, 2.24) is 14.3 Å². The number of carbonyl (C=O) groups is 2. The topological polar surface area (TPSA) is 115 Å². The minimum atomic E-state index is -0.648. The molecule has 0 bridgehead atoms. The molecule has 0 unspecified atom stereocenters. The zero-order valence-corrected chi connectivity index (χ0v) is 14.1. The van der Waals surface area contributed by atoms with Crippen LogP contribution in [0, 0.1) is 17.0 Å². The smallest absolute Gasteiger partial charge is 0.269 e. The minimum absolute atomic E-state index is 0.0251. The monoisotopic (exact) mass is 364 g/mol. The van der Waals surface area contributed by atoms with E-state index in [1.165, 1.54) is 22.6 Å². The van der Waals surface area contributed by atoms with Crippen LogP contribution in [0.3, 0.4) is 0 Å². The fourth-order valence-electron chi connectivity index (χ4n) is 3.09. The van der Waals surface area contributed by atoms with Gasteiger partial charge in [0.05, 0.1) is 28.3 Å². The predicted octanol–water partition coefficient (Wildman–Crippen LogP) is 1.71. The Kier molecular flexibility index (Phi) is 3.58. The van der Waals surface area contributed by atoms with E-state index in [0.717, 1.165) is 16.5 Å². The van der Waals surface area contributed by atoms with Crippen LogP contribution < -0.4 is 5.56 Å². The number of non-ortho nitro benzene ring substituents is 1. The summed E-state index contributed by atoms with van der Waals surface area (Å²) < 4.78 is 1.38. The van der Waals surface area contributed by atoms with Crippen molar-refractivity contribution in [3.63, 3.8) is 0 Å². The molecule has 4 rings (SSSR count). The van der Waals surface area contributed by atoms with E-state index in [2.05, 4.69) is 4.98 Å². The molecule has 9 heteroatoms. The molecule has 2 aromatic heterocycles. The molecule has 134 valence electrons. The van der Waals surface area contributed by atoms with Crippen LogP contribution in [0.1, 0.15) is 32.0 Å². The minimum Gasteiger partial charge on any atom is -0.269 e. The molecule has 0 saturated carbocycles. The van der Waals surface area contributed by atoms with Gasteiger partial charge in [-0.15, -0.1) is 0 Å². The van der Waals surface area contributed by atoms with Gasteiger partial charge < -0.3 is 0 Å². The Morgan fingerprint density at radius 3 is 2.56 bits per heavy atom. The van der Waals surface area contributed by atoms with E-state index in [0.29, 0.717) is 5.65 Å². The Morgan fingerprint density at radius 1 is 1.07 bits per heavy atom. The summed E-state index contributed by atoms with van der Waals surface area (Å²) in [5.41, 5.74) is 0.947. The molecule has 0 radical (unpaired) electrons. The van der Waals surface area contributed by atoms with E-state index >= 15 is 0 Å². The van der Waals surface area contributed by atoms with E-state index < -0.39 is 16.7 Å². The molecule has 0 spiro atoms. The number of aromatic nitrogens is 2. The molecular formula is C18H12N4O5. The van der Waals surface area contributed by atoms with Crippen molar-refractivity contribution in [1.29, 1.82) is 0 Å². The van der Waals surface area contributed by atoms with Gasteiger partial charge in [0.2, 0.25) is 0 Å². The third-order valence-corrected chi connectivity index (χ3v) is 4.42. The van der Waals surface area contributed by atoms with Gasteiger partial charge in [0.25, 0.3) is 23.1 Å². The van der Waals surface area contributed by atoms with Crippen molar-refractivity contribution < 1.29 is 14.5 Å². The molecule has 0 aliphatic carbocycles. The third kappa shape index (κ3) is 2.56. The number of benzene rings is 1. The molecule has 0 fully saturated rings. The number of nitro groups is 1. The van der Waals surface area contributed by atoms with Gasteiger partial charge in [0.1, 0.15) is 5.65 Å². The maximum atomic E-state index is 12.6. The molecule has 1 aromatic carbocycles. The Morgan fingerprint density at radius 2 is 1.81 bits per heavy atom. The number of rotatable bonds is 3. The summed E-state index contributed by atoms with van der Waals surface area (Å²) in [6.45, 7) is 1.60. The highest BCUT2D eigenvalue weighted by Gasteiger charge is 2.37. The summed E-state index contributed by atoms with van der Waals surface area (Å²) in [4.78, 5) is 53.0. The Labute approximate surface area is 151 Å². The standard InChI is InChI=1S/C18H12N4O5/c1-10-3-2-6-20-15(23)7-11(19-16(10)20)9-21-17(24)13-5-4-12(22(26)27)8-14(13)18(21)25/h2-8H,9H2,1H3. The number of imide groups is 1. The Bertz CT molecular complexity index is 1210. The summed E-state index contributed by atoms with van der Waals surface area (Å²) in [7, 11) is 0. The maximum absolute atomic E-state index is 12.6. The van der Waals surface area contributed by atoms with Crippen molar-refractivity contribution in [3.8, 4) is 0 Å². The Hall–Kier alpha value is -3.88. The summed E-state index contributed by atoms with van der Waals surface area (Å²) in [6, 6.07) is 8.31. The first-order valence-electron chi connectivity index (χ1n) is 7.99. The lowest BCUT2D eigenvalue weighted by Gasteiger charge is -2.14. The first-order chi connectivity index (χ1) is 12.9. The van der Waals surface area contributed by atoms with Crippen LogP contribution in [-0.4, -0.2) is 31.0 Å². The first-order valence-corrected chi connectivity index (χ1v) is 7.99. The summed E-state index contributed by atoms with van der Waals surface area (Å²) in [5.74, 6) is -1.22. The average Bonchev–Trinajstić information content (AvgIpc) is 2.87. The second-order valence-electron chi connectivity index (χ2n) is 6.15. The SMILES string of the molecule is Cc1cccn2c(=O)cc(CN3C(=O)c4ccc([N+](=O)[O-])cc4C3=O)nc12.